The average molecular weight is 366 g/mol. The predicted molar refractivity (Wildman–Crippen MR) is 104 cm³/mol. The number of unbranched alkanes of at least 4 members (excludes halogenated alkanes) is 4. The molecule has 5 nitrogen and oxygen atoms in total. The molecule has 0 aliphatic rings. The third-order valence-corrected chi connectivity index (χ3v) is 3.46. The minimum absolute atomic E-state index is 0.127. The Hall–Kier alpha value is -1.96. The predicted octanol–water partition coefficient (Wildman–Crippen LogP) is 4.91. The smallest absolute Gasteiger partial charge is 0.422 e. The third kappa shape index (κ3) is 11.6. The minimum atomic E-state index is -0.629. The van der Waals surface area contributed by atoms with E-state index >= 15 is 0 Å². The Bertz CT molecular complexity index is 496. The Morgan fingerprint density at radius 1 is 1.19 bits per heavy atom. The monoisotopic (exact) mass is 365 g/mol. The lowest BCUT2D eigenvalue weighted by molar-refractivity contribution is -0.148. The van der Waals surface area contributed by atoms with Crippen molar-refractivity contribution in [3.05, 3.63) is 12.7 Å². The normalized spacial score (nSPS) is 11.7. The van der Waals surface area contributed by atoms with Crippen LogP contribution in [0.3, 0.4) is 0 Å². The topological polar surface area (TPSA) is 55.8 Å². The van der Waals surface area contributed by atoms with Crippen LogP contribution in [0.15, 0.2) is 12.7 Å². The van der Waals surface area contributed by atoms with Gasteiger partial charge in [-0.3, -0.25) is 4.79 Å². The molecule has 0 radical (unpaired) electrons. The van der Waals surface area contributed by atoms with Crippen molar-refractivity contribution in [2.75, 3.05) is 13.2 Å². The van der Waals surface area contributed by atoms with Crippen LogP contribution in [0, 0.1) is 17.9 Å². The first-order valence-electron chi connectivity index (χ1n) is 9.51. The number of nitrogens with zero attached hydrogens (tertiary/aromatic N) is 1. The fourth-order valence-corrected chi connectivity index (χ4v) is 2.20. The SMILES string of the molecule is C=CCC(CN(C#CCCCCCC)C(=O)OC(C)(C)C)C(=O)OCC. The van der Waals surface area contributed by atoms with E-state index in [4.69, 9.17) is 9.47 Å². The van der Waals surface area contributed by atoms with Gasteiger partial charge in [-0.25, -0.2) is 9.69 Å². The lowest BCUT2D eigenvalue weighted by Gasteiger charge is -2.25. The van der Waals surface area contributed by atoms with Crippen LogP contribution in [0.4, 0.5) is 4.79 Å². The molecule has 5 heteroatoms. The number of carbonyl (C=O) groups excluding carboxylic acids is 2. The van der Waals surface area contributed by atoms with Crippen molar-refractivity contribution < 1.29 is 19.1 Å². The van der Waals surface area contributed by atoms with E-state index in [1.807, 2.05) is 0 Å². The highest BCUT2D eigenvalue weighted by atomic mass is 16.6. The summed E-state index contributed by atoms with van der Waals surface area (Å²) in [4.78, 5) is 25.9. The molecule has 0 aromatic rings. The van der Waals surface area contributed by atoms with Crippen LogP contribution in [-0.2, 0) is 14.3 Å². The van der Waals surface area contributed by atoms with Crippen molar-refractivity contribution in [3.63, 3.8) is 0 Å². The largest absolute Gasteiger partial charge is 0.466 e. The summed E-state index contributed by atoms with van der Waals surface area (Å²) in [7, 11) is 0. The Morgan fingerprint density at radius 2 is 1.88 bits per heavy atom. The number of hydrogen-bond donors (Lipinski definition) is 0. The van der Waals surface area contributed by atoms with Crippen LogP contribution in [-0.4, -0.2) is 35.7 Å². The number of ether oxygens (including phenoxy) is 2. The van der Waals surface area contributed by atoms with Gasteiger partial charge < -0.3 is 9.47 Å². The molecule has 0 aromatic carbocycles. The van der Waals surface area contributed by atoms with E-state index in [1.165, 1.54) is 17.7 Å². The second-order valence-corrected chi connectivity index (χ2v) is 7.16. The minimum Gasteiger partial charge on any atom is -0.466 e. The zero-order chi connectivity index (χ0) is 20.0. The van der Waals surface area contributed by atoms with Gasteiger partial charge in [-0.1, -0.05) is 38.2 Å². The maximum Gasteiger partial charge on any atom is 0.422 e. The molecule has 0 spiro atoms. The molecule has 0 fully saturated rings. The first kappa shape index (κ1) is 24.0. The fraction of sp³-hybridized carbons (Fsp3) is 0.714. The molecular weight excluding hydrogens is 330 g/mol. The lowest BCUT2D eigenvalue weighted by Crippen LogP contribution is -2.38. The Balaban J connectivity index is 5.10. The Kier molecular flexibility index (Phi) is 12.3. The van der Waals surface area contributed by atoms with Crippen molar-refractivity contribution in [1.82, 2.24) is 4.90 Å². The van der Waals surface area contributed by atoms with Crippen LogP contribution < -0.4 is 0 Å². The molecular formula is C21H35NO4. The molecule has 0 saturated carbocycles. The van der Waals surface area contributed by atoms with Gasteiger partial charge in [0.2, 0.25) is 0 Å². The van der Waals surface area contributed by atoms with Gasteiger partial charge in [0.25, 0.3) is 0 Å². The van der Waals surface area contributed by atoms with Crippen LogP contribution in [0.1, 0.15) is 73.1 Å². The number of allylic oxidation sites excluding steroid dienone is 1. The van der Waals surface area contributed by atoms with Crippen molar-refractivity contribution in [1.29, 1.82) is 0 Å². The summed E-state index contributed by atoms with van der Waals surface area (Å²) in [5.41, 5.74) is -0.629. The van der Waals surface area contributed by atoms with Gasteiger partial charge in [-0.05, 0) is 40.5 Å². The van der Waals surface area contributed by atoms with Crippen LogP contribution in [0.5, 0.6) is 0 Å². The number of rotatable bonds is 10. The van der Waals surface area contributed by atoms with E-state index < -0.39 is 17.6 Å². The summed E-state index contributed by atoms with van der Waals surface area (Å²) in [5.74, 6) is 2.17. The molecule has 1 unspecified atom stereocenters. The van der Waals surface area contributed by atoms with Crippen molar-refractivity contribution in [2.45, 2.75) is 78.7 Å². The average Bonchev–Trinajstić information content (AvgIpc) is 2.54. The van der Waals surface area contributed by atoms with Gasteiger partial charge in [0.1, 0.15) is 5.60 Å². The van der Waals surface area contributed by atoms with Gasteiger partial charge in [0.05, 0.1) is 19.1 Å². The standard InChI is InChI=1S/C21H35NO4/c1-7-10-11-12-13-14-16-22(20(24)26-21(4,5)6)17-18(15-8-2)19(23)25-9-3/h8,18H,2,7,9-13,15,17H2,1,3-6H3. The zero-order valence-corrected chi connectivity index (χ0v) is 17.1. The summed E-state index contributed by atoms with van der Waals surface area (Å²) in [5, 5.41) is 0. The van der Waals surface area contributed by atoms with E-state index in [2.05, 4.69) is 25.5 Å². The molecule has 148 valence electrons. The summed E-state index contributed by atoms with van der Waals surface area (Å²) in [6, 6.07) is 2.87. The van der Waals surface area contributed by atoms with E-state index in [1.54, 1.807) is 33.8 Å². The summed E-state index contributed by atoms with van der Waals surface area (Å²) >= 11 is 0. The van der Waals surface area contributed by atoms with E-state index in [0.717, 1.165) is 12.8 Å². The molecule has 1 atom stereocenters. The first-order chi connectivity index (χ1) is 12.2. The molecule has 0 heterocycles. The second-order valence-electron chi connectivity index (χ2n) is 7.16. The number of hydrogen-bond acceptors (Lipinski definition) is 4. The third-order valence-electron chi connectivity index (χ3n) is 3.46. The zero-order valence-electron chi connectivity index (χ0n) is 17.1. The summed E-state index contributed by atoms with van der Waals surface area (Å²) in [6.07, 6.45) is 6.70. The van der Waals surface area contributed by atoms with Crippen molar-refractivity contribution >= 4 is 12.1 Å². The number of amides is 1. The molecule has 0 bridgehead atoms. The highest BCUT2D eigenvalue weighted by Crippen LogP contribution is 2.14. The summed E-state index contributed by atoms with van der Waals surface area (Å²) in [6.45, 7) is 13.4. The molecule has 26 heavy (non-hydrogen) atoms. The van der Waals surface area contributed by atoms with Crippen molar-refractivity contribution in [3.8, 4) is 12.0 Å². The summed E-state index contributed by atoms with van der Waals surface area (Å²) < 4.78 is 10.5. The second kappa shape index (κ2) is 13.3. The van der Waals surface area contributed by atoms with E-state index in [9.17, 15) is 9.59 Å². The highest BCUT2D eigenvalue weighted by molar-refractivity contribution is 5.75. The molecule has 0 saturated heterocycles. The van der Waals surface area contributed by atoms with Crippen LogP contribution in [0.2, 0.25) is 0 Å². The lowest BCUT2D eigenvalue weighted by atomic mass is 10.1. The van der Waals surface area contributed by atoms with Crippen molar-refractivity contribution in [2.24, 2.45) is 5.92 Å². The van der Waals surface area contributed by atoms with Crippen LogP contribution in [0.25, 0.3) is 0 Å². The molecule has 0 rings (SSSR count). The van der Waals surface area contributed by atoms with Gasteiger partial charge in [-0.2, -0.15) is 0 Å². The Morgan fingerprint density at radius 3 is 2.42 bits per heavy atom. The number of carbonyl (C=O) groups is 2. The quantitative estimate of drug-likeness (QED) is 0.181. The van der Waals surface area contributed by atoms with Gasteiger partial charge in [0, 0.05) is 12.5 Å². The molecule has 1 amide bonds. The van der Waals surface area contributed by atoms with E-state index in [-0.39, 0.29) is 12.5 Å². The molecule has 0 N–H and O–H groups in total. The Labute approximate surface area is 159 Å². The molecule has 0 aliphatic carbocycles. The van der Waals surface area contributed by atoms with Crippen LogP contribution >= 0.6 is 0 Å². The maximum atomic E-state index is 12.5. The number of esters is 1. The molecule has 0 aliphatic heterocycles. The van der Waals surface area contributed by atoms with Gasteiger partial charge in [0.15, 0.2) is 0 Å². The first-order valence-corrected chi connectivity index (χ1v) is 9.51. The fourth-order valence-electron chi connectivity index (χ4n) is 2.20. The molecule has 0 aromatic heterocycles. The van der Waals surface area contributed by atoms with Gasteiger partial charge >= 0.3 is 12.1 Å². The van der Waals surface area contributed by atoms with E-state index in [0.29, 0.717) is 19.4 Å². The maximum absolute atomic E-state index is 12.5. The highest BCUT2D eigenvalue weighted by Gasteiger charge is 2.27. The van der Waals surface area contributed by atoms with Gasteiger partial charge in [-0.15, -0.1) is 6.58 Å².